The van der Waals surface area contributed by atoms with Crippen molar-refractivity contribution in [2.45, 2.75) is 6.04 Å². The largest absolute Gasteiger partial charge is 0.497 e. The number of aliphatic imine (C=N–C) groups is 1. The molecule has 132 valence electrons. The summed E-state index contributed by atoms with van der Waals surface area (Å²) >= 11 is 0. The summed E-state index contributed by atoms with van der Waals surface area (Å²) in [7, 11) is 9.26. The number of hydrogen-bond donors (Lipinski definition) is 2. The average Bonchev–Trinajstić information content (AvgIpc) is 2.53. The maximum absolute atomic E-state index is 5.21. The molecule has 0 spiro atoms. The van der Waals surface area contributed by atoms with Crippen molar-refractivity contribution >= 4 is 29.9 Å². The molecule has 2 N–H and O–H groups in total. The highest BCUT2D eigenvalue weighted by atomic mass is 127. The van der Waals surface area contributed by atoms with Gasteiger partial charge in [-0.3, -0.25) is 4.99 Å². The average molecular weight is 436 g/mol. The maximum Gasteiger partial charge on any atom is 0.191 e. The van der Waals surface area contributed by atoms with Gasteiger partial charge in [0, 0.05) is 27.2 Å². The minimum absolute atomic E-state index is 0. The van der Waals surface area contributed by atoms with Crippen LogP contribution >= 0.6 is 24.0 Å². The number of nitrogens with one attached hydrogen (secondary N) is 2. The van der Waals surface area contributed by atoms with E-state index in [0.717, 1.165) is 24.8 Å². The minimum Gasteiger partial charge on any atom is -0.497 e. The summed E-state index contributed by atoms with van der Waals surface area (Å²) in [6.07, 6.45) is 0. The van der Waals surface area contributed by atoms with Gasteiger partial charge in [-0.2, -0.15) is 0 Å². The second-order valence-electron chi connectivity index (χ2n) is 5.13. The minimum atomic E-state index is 0. The van der Waals surface area contributed by atoms with Gasteiger partial charge in [0.15, 0.2) is 5.96 Å². The van der Waals surface area contributed by atoms with Crippen LogP contribution in [0.2, 0.25) is 0 Å². The molecule has 0 amide bonds. The quantitative estimate of drug-likeness (QED) is 0.282. The van der Waals surface area contributed by atoms with Crippen molar-refractivity contribution in [2.24, 2.45) is 4.99 Å². The van der Waals surface area contributed by atoms with E-state index in [-0.39, 0.29) is 30.0 Å². The van der Waals surface area contributed by atoms with Gasteiger partial charge in [0.2, 0.25) is 0 Å². The van der Waals surface area contributed by atoms with E-state index in [4.69, 9.17) is 9.47 Å². The molecule has 0 saturated heterocycles. The second kappa shape index (κ2) is 12.4. The zero-order valence-electron chi connectivity index (χ0n) is 14.6. The van der Waals surface area contributed by atoms with Crippen molar-refractivity contribution in [3.8, 4) is 5.75 Å². The van der Waals surface area contributed by atoms with Crippen LogP contribution in [0, 0.1) is 0 Å². The molecule has 0 aliphatic heterocycles. The number of ether oxygens (including phenoxy) is 2. The summed E-state index contributed by atoms with van der Waals surface area (Å²) in [6, 6.07) is 8.39. The molecule has 1 unspecified atom stereocenters. The molecule has 0 fully saturated rings. The molecule has 0 radical (unpaired) electrons. The maximum atomic E-state index is 5.21. The highest BCUT2D eigenvalue weighted by Crippen LogP contribution is 2.20. The molecule has 7 heteroatoms. The van der Waals surface area contributed by atoms with Crippen LogP contribution in [0.3, 0.4) is 0 Å². The zero-order chi connectivity index (χ0) is 16.4. The fraction of sp³-hybridized carbons (Fsp3) is 0.562. The molecule has 1 atom stereocenters. The van der Waals surface area contributed by atoms with Crippen LogP contribution in [-0.4, -0.2) is 65.9 Å². The summed E-state index contributed by atoms with van der Waals surface area (Å²) < 4.78 is 10.2. The lowest BCUT2D eigenvalue weighted by Gasteiger charge is -2.26. The van der Waals surface area contributed by atoms with Gasteiger partial charge in [0.25, 0.3) is 0 Å². The highest BCUT2D eigenvalue weighted by Gasteiger charge is 2.14. The van der Waals surface area contributed by atoms with E-state index < -0.39 is 0 Å². The Bertz CT molecular complexity index is 452. The Labute approximate surface area is 156 Å². The van der Waals surface area contributed by atoms with Gasteiger partial charge in [-0.15, -0.1) is 24.0 Å². The molecule has 23 heavy (non-hydrogen) atoms. The van der Waals surface area contributed by atoms with Crippen molar-refractivity contribution in [3.05, 3.63) is 29.8 Å². The summed E-state index contributed by atoms with van der Waals surface area (Å²) in [5.41, 5.74) is 1.23. The molecular formula is C16H29IN4O2. The molecule has 0 aliphatic carbocycles. The molecule has 0 aliphatic rings. The van der Waals surface area contributed by atoms with Crippen molar-refractivity contribution in [2.75, 3.05) is 55.1 Å². The number of rotatable bonds is 8. The normalized spacial score (nSPS) is 12.5. The third kappa shape index (κ3) is 7.85. The molecule has 6 nitrogen and oxygen atoms in total. The number of benzene rings is 1. The number of methoxy groups -OCH3 is 2. The van der Waals surface area contributed by atoms with Crippen LogP contribution in [0.4, 0.5) is 0 Å². The smallest absolute Gasteiger partial charge is 0.191 e. The Morgan fingerprint density at radius 1 is 1.17 bits per heavy atom. The third-order valence-corrected chi connectivity index (χ3v) is 3.41. The number of likely N-dealkylation sites (N-methyl/N-ethyl adjacent to an activating group) is 1. The van der Waals surface area contributed by atoms with Crippen LogP contribution in [0.1, 0.15) is 11.6 Å². The van der Waals surface area contributed by atoms with Crippen LogP contribution in [0.5, 0.6) is 5.75 Å². The van der Waals surface area contributed by atoms with E-state index in [0.29, 0.717) is 6.61 Å². The van der Waals surface area contributed by atoms with Gasteiger partial charge in [-0.1, -0.05) is 12.1 Å². The van der Waals surface area contributed by atoms with Gasteiger partial charge in [0.1, 0.15) is 5.75 Å². The highest BCUT2D eigenvalue weighted by molar-refractivity contribution is 14.0. The predicted octanol–water partition coefficient (Wildman–Crippen LogP) is 1.73. The first kappa shape index (κ1) is 21.9. The van der Waals surface area contributed by atoms with Crippen molar-refractivity contribution in [1.82, 2.24) is 15.5 Å². The zero-order valence-corrected chi connectivity index (χ0v) is 17.0. The van der Waals surface area contributed by atoms with Gasteiger partial charge < -0.3 is 25.0 Å². The van der Waals surface area contributed by atoms with Crippen molar-refractivity contribution < 1.29 is 9.47 Å². The van der Waals surface area contributed by atoms with Crippen molar-refractivity contribution in [3.63, 3.8) is 0 Å². The van der Waals surface area contributed by atoms with Gasteiger partial charge in [-0.25, -0.2) is 0 Å². The van der Waals surface area contributed by atoms with E-state index in [2.05, 4.69) is 46.8 Å². The summed E-state index contributed by atoms with van der Waals surface area (Å²) in [4.78, 5) is 6.39. The van der Waals surface area contributed by atoms with Crippen LogP contribution in [0.25, 0.3) is 0 Å². The predicted molar refractivity (Wildman–Crippen MR) is 106 cm³/mol. The lowest BCUT2D eigenvalue weighted by atomic mass is 10.1. The van der Waals surface area contributed by atoms with Crippen LogP contribution < -0.4 is 15.4 Å². The standard InChI is InChI=1S/C16H28N4O2.HI/c1-17-16(18-10-11-21-4)19-12-15(20(2)3)13-6-8-14(22-5)9-7-13;/h6-9,15H,10-12H2,1-5H3,(H2,17,18,19);1H. The van der Waals surface area contributed by atoms with E-state index in [1.54, 1.807) is 21.3 Å². The van der Waals surface area contributed by atoms with E-state index >= 15 is 0 Å². The van der Waals surface area contributed by atoms with Crippen LogP contribution in [-0.2, 0) is 4.74 Å². The monoisotopic (exact) mass is 436 g/mol. The lowest BCUT2D eigenvalue weighted by Crippen LogP contribution is -2.42. The molecule has 0 heterocycles. The summed E-state index contributed by atoms with van der Waals surface area (Å²) in [6.45, 7) is 2.13. The molecule has 1 aromatic carbocycles. The molecule has 1 rings (SSSR count). The molecule has 0 bridgehead atoms. The van der Waals surface area contributed by atoms with E-state index in [1.165, 1.54) is 5.56 Å². The Hall–Kier alpha value is -1.06. The molecule has 1 aromatic rings. The Kier molecular flexibility index (Phi) is 11.8. The van der Waals surface area contributed by atoms with Crippen LogP contribution in [0.15, 0.2) is 29.3 Å². The number of guanidine groups is 1. The first-order chi connectivity index (χ1) is 10.6. The van der Waals surface area contributed by atoms with E-state index in [1.807, 2.05) is 12.1 Å². The SMILES string of the molecule is CN=C(NCCOC)NCC(c1ccc(OC)cc1)N(C)C.I. The Balaban J connectivity index is 0.00000484. The third-order valence-electron chi connectivity index (χ3n) is 3.41. The van der Waals surface area contributed by atoms with Gasteiger partial charge >= 0.3 is 0 Å². The first-order valence-electron chi connectivity index (χ1n) is 7.36. The van der Waals surface area contributed by atoms with Gasteiger partial charge in [0.05, 0.1) is 19.8 Å². The van der Waals surface area contributed by atoms with Crippen molar-refractivity contribution in [1.29, 1.82) is 0 Å². The fourth-order valence-corrected chi connectivity index (χ4v) is 2.11. The van der Waals surface area contributed by atoms with Gasteiger partial charge in [-0.05, 0) is 31.8 Å². The number of halogens is 1. The first-order valence-corrected chi connectivity index (χ1v) is 7.36. The second-order valence-corrected chi connectivity index (χ2v) is 5.13. The molecular weight excluding hydrogens is 407 g/mol. The Morgan fingerprint density at radius 2 is 1.83 bits per heavy atom. The molecule has 0 aromatic heterocycles. The lowest BCUT2D eigenvalue weighted by molar-refractivity contribution is 0.203. The number of hydrogen-bond acceptors (Lipinski definition) is 4. The summed E-state index contributed by atoms with van der Waals surface area (Å²) in [5.74, 6) is 1.64. The van der Waals surface area contributed by atoms with E-state index in [9.17, 15) is 0 Å². The molecule has 0 saturated carbocycles. The summed E-state index contributed by atoms with van der Waals surface area (Å²) in [5, 5.41) is 6.56. The Morgan fingerprint density at radius 3 is 2.30 bits per heavy atom. The topological polar surface area (TPSA) is 58.1 Å². The fourth-order valence-electron chi connectivity index (χ4n) is 2.11. The number of nitrogens with zero attached hydrogens (tertiary/aromatic N) is 2.